The number of carbonyl (C=O) groups is 1. The van der Waals surface area contributed by atoms with Crippen LogP contribution in [-0.2, 0) is 4.79 Å². The standard InChI is InChI=1S/C16H29NO/c1-7-9-10-17(8-2)15(18)14-13(11-12(3)4)16(14,5)6/h11,13-14H,7-10H2,1-6H3. The molecule has 2 atom stereocenters. The van der Waals surface area contributed by atoms with Gasteiger partial charge >= 0.3 is 0 Å². The van der Waals surface area contributed by atoms with Gasteiger partial charge in [0.2, 0.25) is 5.91 Å². The van der Waals surface area contributed by atoms with Crippen LogP contribution in [0.25, 0.3) is 0 Å². The van der Waals surface area contributed by atoms with Gasteiger partial charge in [-0.1, -0.05) is 38.8 Å². The van der Waals surface area contributed by atoms with Crippen molar-refractivity contribution in [3.05, 3.63) is 11.6 Å². The molecule has 0 saturated heterocycles. The number of allylic oxidation sites excluding steroid dienone is 2. The molecule has 18 heavy (non-hydrogen) atoms. The van der Waals surface area contributed by atoms with Crippen molar-refractivity contribution in [2.45, 2.75) is 54.4 Å². The maximum absolute atomic E-state index is 12.5. The van der Waals surface area contributed by atoms with Crippen LogP contribution < -0.4 is 0 Å². The molecule has 2 heteroatoms. The summed E-state index contributed by atoms with van der Waals surface area (Å²) in [7, 11) is 0. The molecule has 0 aliphatic heterocycles. The molecular weight excluding hydrogens is 222 g/mol. The van der Waals surface area contributed by atoms with E-state index in [0.29, 0.717) is 11.8 Å². The average molecular weight is 251 g/mol. The predicted molar refractivity (Wildman–Crippen MR) is 77.4 cm³/mol. The second-order valence-corrected chi connectivity index (χ2v) is 6.34. The fourth-order valence-electron chi connectivity index (χ4n) is 2.79. The highest BCUT2D eigenvalue weighted by atomic mass is 16.2. The summed E-state index contributed by atoms with van der Waals surface area (Å²) in [4.78, 5) is 14.6. The van der Waals surface area contributed by atoms with Gasteiger partial charge in [0.25, 0.3) is 0 Å². The summed E-state index contributed by atoms with van der Waals surface area (Å²) in [6, 6.07) is 0. The molecule has 0 spiro atoms. The molecule has 0 aromatic heterocycles. The van der Waals surface area contributed by atoms with Crippen molar-refractivity contribution < 1.29 is 4.79 Å². The minimum absolute atomic E-state index is 0.147. The van der Waals surface area contributed by atoms with Crippen molar-refractivity contribution in [3.63, 3.8) is 0 Å². The van der Waals surface area contributed by atoms with Gasteiger partial charge in [-0.2, -0.15) is 0 Å². The summed E-state index contributed by atoms with van der Waals surface area (Å²) in [5.41, 5.74) is 1.47. The predicted octanol–water partition coefficient (Wildman–Crippen LogP) is 3.87. The first kappa shape index (κ1) is 15.3. The molecule has 0 heterocycles. The molecule has 1 aliphatic carbocycles. The van der Waals surface area contributed by atoms with E-state index in [2.05, 4.69) is 47.6 Å². The van der Waals surface area contributed by atoms with E-state index in [1.165, 1.54) is 5.57 Å². The van der Waals surface area contributed by atoms with Crippen LogP contribution in [0.15, 0.2) is 11.6 Å². The number of carbonyl (C=O) groups excluding carboxylic acids is 1. The lowest BCUT2D eigenvalue weighted by atomic mass is 10.1. The summed E-state index contributed by atoms with van der Waals surface area (Å²) in [6.45, 7) is 14.7. The normalized spacial score (nSPS) is 24.6. The van der Waals surface area contributed by atoms with Gasteiger partial charge in [0.15, 0.2) is 0 Å². The molecule has 2 unspecified atom stereocenters. The smallest absolute Gasteiger partial charge is 0.226 e. The summed E-state index contributed by atoms with van der Waals surface area (Å²) in [6.07, 6.45) is 4.53. The number of unbranched alkanes of at least 4 members (excludes halogenated alkanes) is 1. The molecule has 104 valence electrons. The maximum Gasteiger partial charge on any atom is 0.226 e. The van der Waals surface area contributed by atoms with Gasteiger partial charge in [0, 0.05) is 13.1 Å². The maximum atomic E-state index is 12.5. The molecular formula is C16H29NO. The second kappa shape index (κ2) is 5.90. The zero-order chi connectivity index (χ0) is 13.9. The third kappa shape index (κ3) is 3.15. The lowest BCUT2D eigenvalue weighted by Crippen LogP contribution is -2.34. The molecule has 1 saturated carbocycles. The Hall–Kier alpha value is -0.790. The van der Waals surface area contributed by atoms with Crippen LogP contribution >= 0.6 is 0 Å². The number of hydrogen-bond donors (Lipinski definition) is 0. The van der Waals surface area contributed by atoms with Gasteiger partial charge in [-0.15, -0.1) is 0 Å². The monoisotopic (exact) mass is 251 g/mol. The quantitative estimate of drug-likeness (QED) is 0.656. The van der Waals surface area contributed by atoms with Crippen LogP contribution in [0.2, 0.25) is 0 Å². The molecule has 1 fully saturated rings. The first-order valence-corrected chi connectivity index (χ1v) is 7.30. The molecule has 0 bridgehead atoms. The van der Waals surface area contributed by atoms with E-state index >= 15 is 0 Å². The fraction of sp³-hybridized carbons (Fsp3) is 0.812. The number of rotatable bonds is 6. The van der Waals surface area contributed by atoms with Gasteiger partial charge in [-0.3, -0.25) is 4.79 Å². The molecule has 1 rings (SSSR count). The van der Waals surface area contributed by atoms with Crippen molar-refractivity contribution in [1.82, 2.24) is 4.90 Å². The van der Waals surface area contributed by atoms with Crippen molar-refractivity contribution in [2.75, 3.05) is 13.1 Å². The Bertz CT molecular complexity index is 326. The molecule has 1 amide bonds. The summed E-state index contributed by atoms with van der Waals surface area (Å²) >= 11 is 0. The minimum Gasteiger partial charge on any atom is -0.343 e. The molecule has 0 aromatic rings. The third-order valence-corrected chi connectivity index (χ3v) is 4.16. The van der Waals surface area contributed by atoms with Gasteiger partial charge < -0.3 is 4.90 Å². The Balaban J connectivity index is 2.70. The molecule has 2 nitrogen and oxygen atoms in total. The number of nitrogens with zero attached hydrogens (tertiary/aromatic N) is 1. The fourth-order valence-corrected chi connectivity index (χ4v) is 2.79. The zero-order valence-electron chi connectivity index (χ0n) is 12.9. The largest absolute Gasteiger partial charge is 0.343 e. The van der Waals surface area contributed by atoms with Gasteiger partial charge in [-0.25, -0.2) is 0 Å². The van der Waals surface area contributed by atoms with E-state index in [9.17, 15) is 4.79 Å². The Morgan fingerprint density at radius 2 is 1.89 bits per heavy atom. The Kier molecular flexibility index (Phi) is 5.01. The van der Waals surface area contributed by atoms with E-state index < -0.39 is 0 Å². The first-order chi connectivity index (χ1) is 8.36. The summed E-state index contributed by atoms with van der Waals surface area (Å²) < 4.78 is 0. The van der Waals surface area contributed by atoms with Gasteiger partial charge in [0.1, 0.15) is 0 Å². The van der Waals surface area contributed by atoms with Crippen LogP contribution in [0.4, 0.5) is 0 Å². The van der Waals surface area contributed by atoms with E-state index in [-0.39, 0.29) is 11.3 Å². The van der Waals surface area contributed by atoms with Crippen LogP contribution in [-0.4, -0.2) is 23.9 Å². The van der Waals surface area contributed by atoms with E-state index in [1.807, 2.05) is 4.90 Å². The molecule has 1 aliphatic rings. The second-order valence-electron chi connectivity index (χ2n) is 6.34. The van der Waals surface area contributed by atoms with Crippen molar-refractivity contribution in [2.24, 2.45) is 17.3 Å². The topological polar surface area (TPSA) is 20.3 Å². The highest BCUT2D eigenvalue weighted by Gasteiger charge is 2.61. The number of hydrogen-bond acceptors (Lipinski definition) is 1. The third-order valence-electron chi connectivity index (χ3n) is 4.16. The van der Waals surface area contributed by atoms with Crippen molar-refractivity contribution in [1.29, 1.82) is 0 Å². The van der Waals surface area contributed by atoms with Gasteiger partial charge in [-0.05, 0) is 38.5 Å². The first-order valence-electron chi connectivity index (χ1n) is 7.30. The Morgan fingerprint density at radius 1 is 1.28 bits per heavy atom. The highest BCUT2D eigenvalue weighted by molar-refractivity contribution is 5.83. The van der Waals surface area contributed by atoms with Crippen LogP contribution in [0.1, 0.15) is 54.4 Å². The van der Waals surface area contributed by atoms with Gasteiger partial charge in [0.05, 0.1) is 5.92 Å². The zero-order valence-corrected chi connectivity index (χ0v) is 12.9. The highest BCUT2D eigenvalue weighted by Crippen LogP contribution is 2.60. The van der Waals surface area contributed by atoms with Crippen LogP contribution in [0.5, 0.6) is 0 Å². The Labute approximate surface area is 112 Å². The van der Waals surface area contributed by atoms with E-state index in [0.717, 1.165) is 25.9 Å². The van der Waals surface area contributed by atoms with Crippen molar-refractivity contribution >= 4 is 5.91 Å². The summed E-state index contributed by atoms with van der Waals surface area (Å²) in [5, 5.41) is 0. The van der Waals surface area contributed by atoms with E-state index in [4.69, 9.17) is 0 Å². The lowest BCUT2D eigenvalue weighted by Gasteiger charge is -2.21. The SMILES string of the molecule is CCCCN(CC)C(=O)C1C(C=C(C)C)C1(C)C. The molecule has 0 N–H and O–H groups in total. The van der Waals surface area contributed by atoms with E-state index in [1.54, 1.807) is 0 Å². The lowest BCUT2D eigenvalue weighted by molar-refractivity contribution is -0.133. The molecule has 0 radical (unpaired) electrons. The van der Waals surface area contributed by atoms with Crippen LogP contribution in [0, 0.1) is 17.3 Å². The average Bonchev–Trinajstić information content (AvgIpc) is 2.80. The van der Waals surface area contributed by atoms with Crippen LogP contribution in [0.3, 0.4) is 0 Å². The van der Waals surface area contributed by atoms with Crippen molar-refractivity contribution in [3.8, 4) is 0 Å². The summed E-state index contributed by atoms with van der Waals surface area (Å²) in [5.74, 6) is 0.994. The minimum atomic E-state index is 0.147. The molecule has 0 aromatic carbocycles. The number of amides is 1. The Morgan fingerprint density at radius 3 is 2.33 bits per heavy atom.